The van der Waals surface area contributed by atoms with Crippen LogP contribution in [0.25, 0.3) is 0 Å². The second-order valence-electron chi connectivity index (χ2n) is 8.21. The Hall–Kier alpha value is -1.75. The van der Waals surface area contributed by atoms with Gasteiger partial charge in [-0.25, -0.2) is 0 Å². The van der Waals surface area contributed by atoms with E-state index < -0.39 is 11.4 Å². The number of benzene rings is 1. The molecule has 0 radical (unpaired) electrons. The highest BCUT2D eigenvalue weighted by Gasteiger charge is 2.55. The first-order valence-electron chi connectivity index (χ1n) is 11.0. The number of carbonyl (C=O) groups excluding carboxylic acids is 1. The van der Waals surface area contributed by atoms with E-state index in [1.54, 1.807) is 4.90 Å². The topological polar surface area (TPSA) is 96.2 Å². The summed E-state index contributed by atoms with van der Waals surface area (Å²) in [7, 11) is 0. The molecule has 1 aliphatic carbocycles. The van der Waals surface area contributed by atoms with Crippen molar-refractivity contribution in [2.45, 2.75) is 95.9 Å². The molecule has 2 rings (SSSR count). The number of guanidine groups is 1. The van der Waals surface area contributed by atoms with Crippen LogP contribution in [0.15, 0.2) is 24.3 Å². The zero-order valence-electron chi connectivity index (χ0n) is 17.9. The highest BCUT2D eigenvalue weighted by Crippen LogP contribution is 2.43. The van der Waals surface area contributed by atoms with Gasteiger partial charge in [0.1, 0.15) is 5.54 Å². The van der Waals surface area contributed by atoms with Crippen molar-refractivity contribution in [2.75, 3.05) is 4.90 Å². The molecular weight excluding hydrogens is 384 g/mol. The van der Waals surface area contributed by atoms with E-state index in [4.69, 9.17) is 16.9 Å². The van der Waals surface area contributed by atoms with Crippen molar-refractivity contribution in [1.82, 2.24) is 0 Å². The van der Waals surface area contributed by atoms with E-state index in [1.165, 1.54) is 69.8 Å². The molecule has 0 atom stereocenters. The maximum absolute atomic E-state index is 11.8. The van der Waals surface area contributed by atoms with Gasteiger partial charge in [-0.1, -0.05) is 76.8 Å². The lowest BCUT2D eigenvalue weighted by molar-refractivity contribution is -0.119. The van der Waals surface area contributed by atoms with Crippen molar-refractivity contribution in [3.63, 3.8) is 0 Å². The molecule has 29 heavy (non-hydrogen) atoms. The number of nitrogens with one attached hydrogen (secondary N) is 1. The summed E-state index contributed by atoms with van der Waals surface area (Å²) < 4.78 is 0. The SMILES string of the molecule is CCCCCCCCCCCCc1ccc(N(C(=N)N)C2(C(N)=O)CC2)cc1.Cl. The summed E-state index contributed by atoms with van der Waals surface area (Å²) in [4.78, 5) is 13.4. The fourth-order valence-corrected chi connectivity index (χ4v) is 3.94. The first-order chi connectivity index (χ1) is 13.5. The quantitative estimate of drug-likeness (QED) is 0.216. The Morgan fingerprint density at radius 1 is 0.931 bits per heavy atom. The molecule has 0 heterocycles. The molecule has 1 fully saturated rings. The van der Waals surface area contributed by atoms with E-state index in [0.29, 0.717) is 12.8 Å². The highest BCUT2D eigenvalue weighted by atomic mass is 35.5. The van der Waals surface area contributed by atoms with Gasteiger partial charge in [-0.2, -0.15) is 0 Å². The molecule has 0 aliphatic heterocycles. The molecule has 1 saturated carbocycles. The van der Waals surface area contributed by atoms with Crippen molar-refractivity contribution in [3.8, 4) is 0 Å². The van der Waals surface area contributed by atoms with Crippen LogP contribution in [-0.2, 0) is 11.2 Å². The van der Waals surface area contributed by atoms with Crippen LogP contribution in [0.1, 0.15) is 89.5 Å². The van der Waals surface area contributed by atoms with E-state index in [0.717, 1.165) is 12.1 Å². The molecule has 0 spiro atoms. The number of hydrogen-bond acceptors (Lipinski definition) is 2. The number of anilines is 1. The van der Waals surface area contributed by atoms with E-state index in [1.807, 2.05) is 12.1 Å². The second-order valence-corrected chi connectivity index (χ2v) is 8.21. The third-order valence-electron chi connectivity index (χ3n) is 5.86. The lowest BCUT2D eigenvalue weighted by atomic mass is 10.0. The van der Waals surface area contributed by atoms with Gasteiger partial charge >= 0.3 is 0 Å². The van der Waals surface area contributed by atoms with E-state index in [2.05, 4.69) is 19.1 Å². The Balaban J connectivity index is 0.00000420. The largest absolute Gasteiger partial charge is 0.370 e. The van der Waals surface area contributed by atoms with Crippen molar-refractivity contribution < 1.29 is 4.79 Å². The lowest BCUT2D eigenvalue weighted by Crippen LogP contribution is -2.53. The molecule has 164 valence electrons. The minimum atomic E-state index is -0.802. The average Bonchev–Trinajstić information content (AvgIpc) is 3.46. The Morgan fingerprint density at radius 2 is 1.41 bits per heavy atom. The Bertz CT molecular complexity index is 628. The number of nitrogens with zero attached hydrogens (tertiary/aromatic N) is 1. The summed E-state index contributed by atoms with van der Waals surface area (Å²) in [5.41, 5.74) is 12.6. The van der Waals surface area contributed by atoms with Gasteiger partial charge in [0.15, 0.2) is 5.96 Å². The zero-order chi connectivity index (χ0) is 20.4. The zero-order valence-corrected chi connectivity index (χ0v) is 18.7. The van der Waals surface area contributed by atoms with Crippen LogP contribution in [0.2, 0.25) is 0 Å². The first-order valence-corrected chi connectivity index (χ1v) is 11.0. The van der Waals surface area contributed by atoms with Crippen LogP contribution < -0.4 is 16.4 Å². The standard InChI is InChI=1S/C23H38N4O.ClH/c1-2-3-4-5-6-7-8-9-10-11-12-19-13-15-20(16-14-19)27(22(25)26)23(17-18-23)21(24)28;/h13-16H,2-12,17-18H2,1H3,(H2,24,28)(H3,25,26);1H. The molecule has 1 aromatic carbocycles. The predicted molar refractivity (Wildman–Crippen MR) is 125 cm³/mol. The van der Waals surface area contributed by atoms with E-state index in [9.17, 15) is 4.79 Å². The Labute approximate surface area is 182 Å². The molecule has 1 aliphatic rings. The molecule has 0 aromatic heterocycles. The normalized spacial score (nSPS) is 14.1. The lowest BCUT2D eigenvalue weighted by Gasteiger charge is -2.30. The van der Waals surface area contributed by atoms with Crippen molar-refractivity contribution >= 4 is 30.0 Å². The van der Waals surface area contributed by atoms with Crippen LogP contribution in [0.4, 0.5) is 5.69 Å². The maximum Gasteiger partial charge on any atom is 0.243 e. The number of rotatable bonds is 14. The van der Waals surface area contributed by atoms with Gasteiger partial charge in [-0.15, -0.1) is 12.4 Å². The Kier molecular flexibility index (Phi) is 11.1. The minimum Gasteiger partial charge on any atom is -0.370 e. The number of unbranched alkanes of at least 4 members (excludes halogenated alkanes) is 9. The molecule has 0 unspecified atom stereocenters. The number of hydrogen-bond donors (Lipinski definition) is 3. The fourth-order valence-electron chi connectivity index (χ4n) is 3.94. The summed E-state index contributed by atoms with van der Waals surface area (Å²) in [6, 6.07) is 8.07. The number of nitrogens with two attached hydrogens (primary N) is 2. The molecular formula is C23H39ClN4O. The maximum atomic E-state index is 11.8. The highest BCUT2D eigenvalue weighted by molar-refractivity contribution is 6.04. The summed E-state index contributed by atoms with van der Waals surface area (Å²) in [6.07, 6.45) is 15.8. The monoisotopic (exact) mass is 422 g/mol. The van der Waals surface area contributed by atoms with Gasteiger partial charge in [0.2, 0.25) is 5.91 Å². The number of aryl methyl sites for hydroxylation is 1. The van der Waals surface area contributed by atoms with Crippen LogP contribution in [0.3, 0.4) is 0 Å². The average molecular weight is 423 g/mol. The summed E-state index contributed by atoms with van der Waals surface area (Å²) in [5, 5.41) is 7.87. The number of primary amides is 1. The molecule has 0 bridgehead atoms. The summed E-state index contributed by atoms with van der Waals surface area (Å²) in [5.74, 6) is -0.532. The van der Waals surface area contributed by atoms with Crippen LogP contribution in [0.5, 0.6) is 0 Å². The fraction of sp³-hybridized carbons (Fsp3) is 0.652. The number of halogens is 1. The molecule has 5 nitrogen and oxygen atoms in total. The van der Waals surface area contributed by atoms with Gasteiger partial charge in [-0.05, 0) is 43.4 Å². The van der Waals surface area contributed by atoms with Gasteiger partial charge in [0, 0.05) is 5.69 Å². The predicted octanol–water partition coefficient (Wildman–Crippen LogP) is 5.29. The molecule has 0 saturated heterocycles. The van der Waals surface area contributed by atoms with Gasteiger partial charge in [-0.3, -0.25) is 15.1 Å². The van der Waals surface area contributed by atoms with Crippen molar-refractivity contribution in [1.29, 1.82) is 5.41 Å². The van der Waals surface area contributed by atoms with Gasteiger partial charge in [0.05, 0.1) is 0 Å². The number of carbonyl (C=O) groups is 1. The summed E-state index contributed by atoms with van der Waals surface area (Å²) >= 11 is 0. The van der Waals surface area contributed by atoms with E-state index in [-0.39, 0.29) is 18.4 Å². The third-order valence-corrected chi connectivity index (χ3v) is 5.86. The minimum absolute atomic E-state index is 0. The smallest absolute Gasteiger partial charge is 0.243 e. The van der Waals surface area contributed by atoms with Crippen LogP contribution in [0, 0.1) is 5.41 Å². The molecule has 6 heteroatoms. The van der Waals surface area contributed by atoms with Crippen molar-refractivity contribution in [2.24, 2.45) is 11.5 Å². The van der Waals surface area contributed by atoms with E-state index >= 15 is 0 Å². The van der Waals surface area contributed by atoms with Crippen molar-refractivity contribution in [3.05, 3.63) is 29.8 Å². The summed E-state index contributed by atoms with van der Waals surface area (Å²) in [6.45, 7) is 2.26. The van der Waals surface area contributed by atoms with Crippen LogP contribution in [-0.4, -0.2) is 17.4 Å². The van der Waals surface area contributed by atoms with Crippen LogP contribution >= 0.6 is 12.4 Å². The number of amides is 1. The first kappa shape index (κ1) is 25.3. The molecule has 5 N–H and O–H groups in total. The van der Waals surface area contributed by atoms with Gasteiger partial charge in [0.25, 0.3) is 0 Å². The Morgan fingerprint density at radius 3 is 1.83 bits per heavy atom. The second kappa shape index (κ2) is 12.7. The molecule has 1 amide bonds. The molecule has 1 aromatic rings. The van der Waals surface area contributed by atoms with Gasteiger partial charge < -0.3 is 11.5 Å². The third kappa shape index (κ3) is 7.54.